The zero-order valence-corrected chi connectivity index (χ0v) is 37.1. The minimum Gasteiger partial charge on any atom is -0.358 e. The predicted octanol–water partition coefficient (Wildman–Crippen LogP) is 4.64. The highest BCUT2D eigenvalue weighted by molar-refractivity contribution is 8.13. The van der Waals surface area contributed by atoms with E-state index in [0.29, 0.717) is 36.5 Å². The number of rotatable bonds is 15. The van der Waals surface area contributed by atoms with E-state index in [0.717, 1.165) is 36.1 Å². The lowest BCUT2D eigenvalue weighted by molar-refractivity contribution is -0.128. The van der Waals surface area contributed by atoms with Gasteiger partial charge < -0.3 is 32.7 Å². The van der Waals surface area contributed by atoms with Crippen LogP contribution in [0.25, 0.3) is 0 Å². The molecule has 1 heterocycles. The molecule has 13 nitrogen and oxygen atoms in total. The van der Waals surface area contributed by atoms with Crippen LogP contribution < -0.4 is 32.7 Å². The normalized spacial score (nSPS) is 10.6. The number of carbonyl (C=O) groups excluding carboxylic acids is 6. The Kier molecular flexibility index (Phi) is 57.8. The number of likely N-dealkylation sites (N-methyl/N-ethyl adjacent to an activating group) is 3. The average molecular weight is 814 g/mol. The molecule has 0 aliphatic carbocycles. The summed E-state index contributed by atoms with van der Waals surface area (Å²) in [4.78, 5) is 69.8. The van der Waals surface area contributed by atoms with E-state index in [2.05, 4.69) is 51.5 Å². The van der Waals surface area contributed by atoms with Gasteiger partial charge in [0.05, 0.1) is 12.1 Å². The molecular weight excluding hydrogens is 743 g/mol. The molecule has 0 unspecified atom stereocenters. The van der Waals surface area contributed by atoms with Crippen LogP contribution in [-0.2, 0) is 28.8 Å². The summed E-state index contributed by atoms with van der Waals surface area (Å²) >= 11 is 10.1. The molecule has 0 radical (unpaired) electrons. The standard InChI is InChI=1S/C9H11NOS.2C8H16N2O2S.C4H10N2OS.3C2H6/c1-2-5-9(11)12-8-6-3-4-7-10-8;1-3-4-7(11)13-5-6(9)8(12)10-2;1-3-4-7(11)10-6(5-13)8(12)9-2;1-6-4(7)3(5)2-8;3*1-2/h3-4,6-7H,2,5H2,1H3;6H,3-5,9H2,1-2H3,(H,10,12);6,13H,3-5H2,1-2H3,(H,9,12)(H,10,11);3,8H,2,5H2,1H3,(H,6,7);3*1-2H3/t;2*6-;3-;;;/m.111.../s1. The highest BCUT2D eigenvalue weighted by Crippen LogP contribution is 2.17. The second-order valence-corrected chi connectivity index (χ2v) is 12.0. The molecule has 0 saturated heterocycles. The molecule has 3 atom stereocenters. The van der Waals surface area contributed by atoms with Gasteiger partial charge in [0.1, 0.15) is 11.1 Å². The number of nitrogens with one attached hydrogen (secondary N) is 4. The molecule has 0 saturated carbocycles. The maximum atomic E-state index is 11.1. The van der Waals surface area contributed by atoms with Crippen LogP contribution in [0.1, 0.15) is 101 Å². The minimum atomic E-state index is -0.587. The Morgan fingerprint density at radius 1 is 0.692 bits per heavy atom. The number of hydrogen-bond acceptors (Lipinski definition) is 13. The second kappa shape index (κ2) is 48.7. The molecular formula is C35H71N7O6S4. The summed E-state index contributed by atoms with van der Waals surface area (Å²) in [5, 5.41) is 11.0. The molecule has 4 amide bonds. The van der Waals surface area contributed by atoms with E-state index in [-0.39, 0.29) is 33.9 Å². The van der Waals surface area contributed by atoms with Crippen LogP contribution in [0.3, 0.4) is 0 Å². The Hall–Kier alpha value is -2.31. The van der Waals surface area contributed by atoms with Gasteiger partial charge in [0.2, 0.25) is 23.6 Å². The van der Waals surface area contributed by atoms with Crippen LogP contribution in [0.4, 0.5) is 0 Å². The van der Waals surface area contributed by atoms with E-state index in [9.17, 15) is 28.8 Å². The third kappa shape index (κ3) is 42.1. The second-order valence-electron chi connectivity index (χ2n) is 9.12. The first-order valence-electron chi connectivity index (χ1n) is 17.8. The van der Waals surface area contributed by atoms with Crippen LogP contribution in [0, 0.1) is 0 Å². The molecule has 0 spiro atoms. The van der Waals surface area contributed by atoms with Crippen molar-refractivity contribution in [1.29, 1.82) is 0 Å². The SMILES string of the molecule is CC.CC.CC.CCCC(=O)N[C@H](CS)C(=O)NC.CCCC(=O)SC[C@@H](N)C(=O)NC.CCCC(=O)Sc1ccccn1.CNC(=O)[C@H](N)CS. The smallest absolute Gasteiger partial charge is 0.243 e. The van der Waals surface area contributed by atoms with E-state index in [1.165, 1.54) is 25.9 Å². The van der Waals surface area contributed by atoms with Gasteiger partial charge in [-0.3, -0.25) is 28.8 Å². The van der Waals surface area contributed by atoms with Crippen molar-refractivity contribution in [1.82, 2.24) is 26.3 Å². The molecule has 0 fully saturated rings. The number of carbonyl (C=O) groups is 6. The summed E-state index contributed by atoms with van der Waals surface area (Å²) in [5.74, 6) is 0.356. The molecule has 1 aromatic rings. The first-order valence-corrected chi connectivity index (χ1v) is 20.8. The summed E-state index contributed by atoms with van der Waals surface area (Å²) in [5.41, 5.74) is 10.7. The van der Waals surface area contributed by atoms with E-state index < -0.39 is 18.1 Å². The third-order valence-electron chi connectivity index (χ3n) is 5.11. The largest absolute Gasteiger partial charge is 0.358 e. The van der Waals surface area contributed by atoms with Crippen LogP contribution in [-0.4, -0.2) is 95.4 Å². The fraction of sp³-hybridized carbons (Fsp3) is 0.686. The number of amides is 4. The van der Waals surface area contributed by atoms with E-state index in [1.807, 2.05) is 80.5 Å². The van der Waals surface area contributed by atoms with E-state index in [1.54, 1.807) is 13.2 Å². The number of thioether (sulfide) groups is 2. The monoisotopic (exact) mass is 813 g/mol. The van der Waals surface area contributed by atoms with Gasteiger partial charge in [-0.25, -0.2) is 4.98 Å². The van der Waals surface area contributed by atoms with Gasteiger partial charge in [-0.05, 0) is 43.2 Å². The van der Waals surface area contributed by atoms with Crippen molar-refractivity contribution in [2.24, 2.45) is 11.5 Å². The number of thiol groups is 2. The van der Waals surface area contributed by atoms with Crippen molar-refractivity contribution in [3.05, 3.63) is 24.4 Å². The van der Waals surface area contributed by atoms with Crippen molar-refractivity contribution in [3.8, 4) is 0 Å². The molecule has 52 heavy (non-hydrogen) atoms. The summed E-state index contributed by atoms with van der Waals surface area (Å²) in [6.07, 6.45) is 5.83. The Morgan fingerprint density at radius 2 is 1.15 bits per heavy atom. The number of nitrogens with two attached hydrogens (primary N) is 2. The Morgan fingerprint density at radius 3 is 1.52 bits per heavy atom. The van der Waals surface area contributed by atoms with Gasteiger partial charge in [0, 0.05) is 63.9 Å². The van der Waals surface area contributed by atoms with Gasteiger partial charge in [-0.15, -0.1) is 0 Å². The molecule has 17 heteroatoms. The van der Waals surface area contributed by atoms with Crippen LogP contribution in [0.5, 0.6) is 0 Å². The summed E-state index contributed by atoms with van der Waals surface area (Å²) in [7, 11) is 4.61. The van der Waals surface area contributed by atoms with Gasteiger partial charge in [-0.2, -0.15) is 25.3 Å². The fourth-order valence-electron chi connectivity index (χ4n) is 2.63. The van der Waals surface area contributed by atoms with Crippen molar-refractivity contribution < 1.29 is 28.8 Å². The van der Waals surface area contributed by atoms with Crippen LogP contribution in [0.2, 0.25) is 0 Å². The Balaban J connectivity index is -0.000000130. The molecule has 8 N–H and O–H groups in total. The first-order chi connectivity index (χ1) is 24.8. The van der Waals surface area contributed by atoms with Crippen molar-refractivity contribution >= 4 is 82.6 Å². The van der Waals surface area contributed by atoms with Crippen LogP contribution in [0.15, 0.2) is 29.4 Å². The zero-order chi connectivity index (χ0) is 41.9. The van der Waals surface area contributed by atoms with Gasteiger partial charge >= 0.3 is 0 Å². The molecule has 0 bridgehead atoms. The minimum absolute atomic E-state index is 0.0989. The fourth-order valence-corrected chi connectivity index (χ4v) is 4.72. The number of nitrogens with zero attached hydrogens (tertiary/aromatic N) is 1. The maximum absolute atomic E-state index is 11.1. The van der Waals surface area contributed by atoms with Crippen molar-refractivity contribution in [2.75, 3.05) is 38.4 Å². The van der Waals surface area contributed by atoms with Crippen molar-refractivity contribution in [2.45, 2.75) is 124 Å². The highest BCUT2D eigenvalue weighted by Gasteiger charge is 2.17. The molecule has 0 aliphatic rings. The lowest BCUT2D eigenvalue weighted by Gasteiger charge is -2.14. The summed E-state index contributed by atoms with van der Waals surface area (Å²) in [6, 6.07) is 3.99. The molecule has 306 valence electrons. The van der Waals surface area contributed by atoms with E-state index in [4.69, 9.17) is 11.5 Å². The molecule has 1 rings (SSSR count). The number of hydrogen-bond donors (Lipinski definition) is 8. The topological polar surface area (TPSA) is 215 Å². The lowest BCUT2D eigenvalue weighted by Crippen LogP contribution is -2.46. The number of aromatic nitrogens is 1. The lowest BCUT2D eigenvalue weighted by atomic mass is 10.2. The molecule has 0 aliphatic heterocycles. The molecule has 0 aromatic carbocycles. The van der Waals surface area contributed by atoms with Crippen molar-refractivity contribution in [3.63, 3.8) is 0 Å². The quantitative estimate of drug-likeness (QED) is 0.0903. The van der Waals surface area contributed by atoms with E-state index >= 15 is 0 Å². The van der Waals surface area contributed by atoms with Crippen LogP contribution >= 0.6 is 48.8 Å². The molecule has 1 aromatic heterocycles. The third-order valence-corrected chi connectivity index (χ3v) is 7.80. The van der Waals surface area contributed by atoms with Gasteiger partial charge in [-0.1, -0.05) is 80.1 Å². The Labute approximate surface area is 334 Å². The number of pyridine rings is 1. The average Bonchev–Trinajstić information content (AvgIpc) is 3.18. The highest BCUT2D eigenvalue weighted by atomic mass is 32.2. The summed E-state index contributed by atoms with van der Waals surface area (Å²) in [6.45, 7) is 17.9. The predicted molar refractivity (Wildman–Crippen MR) is 229 cm³/mol. The Bertz CT molecular complexity index is 1010. The van der Waals surface area contributed by atoms with Gasteiger partial charge in [0.15, 0.2) is 10.2 Å². The first kappa shape index (κ1) is 61.7. The maximum Gasteiger partial charge on any atom is 0.243 e. The zero-order valence-electron chi connectivity index (χ0n) is 33.7. The summed E-state index contributed by atoms with van der Waals surface area (Å²) < 4.78 is 0. The van der Waals surface area contributed by atoms with Gasteiger partial charge in [0.25, 0.3) is 0 Å².